The molecule has 4 rings (SSSR count). The summed E-state index contributed by atoms with van der Waals surface area (Å²) in [6, 6.07) is 3.83. The van der Waals surface area contributed by atoms with Crippen molar-refractivity contribution in [3.8, 4) is 28.5 Å². The van der Waals surface area contributed by atoms with Crippen LogP contribution in [0.2, 0.25) is 0 Å². The van der Waals surface area contributed by atoms with E-state index in [0.29, 0.717) is 5.56 Å². The number of carbonyl (C=O) groups excluding carboxylic acids is 2. The maximum absolute atomic E-state index is 13.5. The van der Waals surface area contributed by atoms with E-state index in [9.17, 15) is 40.7 Å². The second kappa shape index (κ2) is 9.50. The Kier molecular flexibility index (Phi) is 6.77. The number of hydrogen-bond donors (Lipinski definition) is 3. The number of carbonyl (C=O) groups is 2. The summed E-state index contributed by atoms with van der Waals surface area (Å²) in [6.07, 6.45) is -12.7. The molecule has 3 aromatic rings. The second-order valence-electron chi connectivity index (χ2n) is 9.17. The number of amides is 2. The summed E-state index contributed by atoms with van der Waals surface area (Å²) in [5.74, 6) is -3.57. The number of nitrogens with two attached hydrogens (primary N) is 1. The van der Waals surface area contributed by atoms with E-state index < -0.39 is 54.0 Å². The summed E-state index contributed by atoms with van der Waals surface area (Å²) < 4.78 is 91.5. The Morgan fingerprint density at radius 2 is 1.85 bits per heavy atom. The van der Waals surface area contributed by atoms with Gasteiger partial charge in [0.25, 0.3) is 11.8 Å². The van der Waals surface area contributed by atoms with Crippen molar-refractivity contribution >= 4 is 11.8 Å². The third-order valence-electron chi connectivity index (χ3n) is 6.24. The van der Waals surface area contributed by atoms with Gasteiger partial charge >= 0.3 is 18.1 Å². The zero-order chi connectivity index (χ0) is 28.9. The Labute approximate surface area is 215 Å². The lowest BCUT2D eigenvalue weighted by Crippen LogP contribution is -2.57. The Balaban J connectivity index is 1.87. The number of H-pyrrole nitrogens is 1. The van der Waals surface area contributed by atoms with Crippen LogP contribution in [0.25, 0.3) is 22.7 Å². The van der Waals surface area contributed by atoms with Crippen molar-refractivity contribution in [2.24, 2.45) is 5.73 Å². The van der Waals surface area contributed by atoms with Gasteiger partial charge < -0.3 is 24.8 Å². The topological polar surface area (TPSA) is 145 Å². The maximum atomic E-state index is 13.5. The summed E-state index contributed by atoms with van der Waals surface area (Å²) in [7, 11) is 1.33. The fourth-order valence-corrected chi connectivity index (χ4v) is 4.57. The number of ether oxygens (including phenoxy) is 1. The number of aromatic nitrogens is 3. The normalized spacial score (nSPS) is 14.8. The minimum atomic E-state index is -4.88. The highest BCUT2D eigenvalue weighted by atomic mass is 19.4. The molecule has 1 unspecified atom stereocenters. The third kappa shape index (κ3) is 5.63. The van der Waals surface area contributed by atoms with Gasteiger partial charge in [-0.05, 0) is 42.7 Å². The van der Waals surface area contributed by atoms with Crippen molar-refractivity contribution in [3.05, 3.63) is 45.6 Å². The minimum Gasteiger partial charge on any atom is -0.496 e. The molecule has 2 amide bonds. The van der Waals surface area contributed by atoms with Crippen LogP contribution in [-0.4, -0.2) is 51.6 Å². The molecule has 0 bridgehead atoms. The van der Waals surface area contributed by atoms with Crippen LogP contribution in [0.1, 0.15) is 35.0 Å². The van der Waals surface area contributed by atoms with Gasteiger partial charge in [-0.15, -0.1) is 5.10 Å². The van der Waals surface area contributed by atoms with E-state index in [4.69, 9.17) is 14.9 Å². The molecule has 0 saturated carbocycles. The number of rotatable bonds is 7. The summed E-state index contributed by atoms with van der Waals surface area (Å²) in [6.45, 7) is 0.762. The van der Waals surface area contributed by atoms with Gasteiger partial charge in [0, 0.05) is 12.1 Å². The van der Waals surface area contributed by atoms with Gasteiger partial charge in [0.1, 0.15) is 17.0 Å². The molecule has 0 spiro atoms. The van der Waals surface area contributed by atoms with Crippen molar-refractivity contribution in [1.29, 1.82) is 0 Å². The molecule has 10 nitrogen and oxygen atoms in total. The molecule has 39 heavy (non-hydrogen) atoms. The molecule has 1 aromatic carbocycles. The van der Waals surface area contributed by atoms with E-state index in [1.54, 1.807) is 0 Å². The fourth-order valence-electron chi connectivity index (χ4n) is 4.57. The average molecular weight is 561 g/mol. The Morgan fingerprint density at radius 1 is 1.15 bits per heavy atom. The molecule has 2 aromatic heterocycles. The highest BCUT2D eigenvalue weighted by Crippen LogP contribution is 2.42. The molecule has 0 radical (unpaired) electrons. The van der Waals surface area contributed by atoms with Gasteiger partial charge in [-0.25, -0.2) is 9.89 Å². The smallest absolute Gasteiger partial charge is 0.434 e. The number of nitrogens with zero attached hydrogens (tertiary/aromatic N) is 2. The number of fused-ring (bicyclic) bond motifs is 3. The molecule has 1 aliphatic heterocycles. The van der Waals surface area contributed by atoms with E-state index in [1.165, 1.54) is 23.8 Å². The Hall–Kier alpha value is -4.24. The lowest BCUT2D eigenvalue weighted by atomic mass is 9.93. The minimum absolute atomic E-state index is 0.0184. The average Bonchev–Trinajstić information content (AvgIpc) is 3.39. The van der Waals surface area contributed by atoms with Crippen molar-refractivity contribution in [2.45, 2.75) is 50.6 Å². The number of halogens is 6. The zero-order valence-corrected chi connectivity index (χ0v) is 20.3. The SMILES string of the molecule is COc1cc2c(cc1-c1n[nH]c(=O)o1)-c1c(CC(F)(F)F)cc(C(=O)NC(C)(CC(F)(F)F)C(N)=O)n1CC2. The van der Waals surface area contributed by atoms with Crippen LogP contribution in [0.5, 0.6) is 5.75 Å². The van der Waals surface area contributed by atoms with E-state index >= 15 is 0 Å². The number of aromatic amines is 1. The van der Waals surface area contributed by atoms with Gasteiger partial charge in [-0.3, -0.25) is 9.59 Å². The predicted molar refractivity (Wildman–Crippen MR) is 122 cm³/mol. The summed E-state index contributed by atoms with van der Waals surface area (Å²) in [5, 5.41) is 7.76. The molecule has 4 N–H and O–H groups in total. The number of hydrogen-bond acceptors (Lipinski definition) is 6. The van der Waals surface area contributed by atoms with Crippen LogP contribution in [0, 0.1) is 0 Å². The highest BCUT2D eigenvalue weighted by Gasteiger charge is 2.45. The summed E-state index contributed by atoms with van der Waals surface area (Å²) in [5.41, 5.74) is 2.70. The summed E-state index contributed by atoms with van der Waals surface area (Å²) in [4.78, 5) is 36.5. The first-order valence-electron chi connectivity index (χ1n) is 11.3. The van der Waals surface area contributed by atoms with E-state index in [0.717, 1.165) is 13.0 Å². The quantitative estimate of drug-likeness (QED) is 0.378. The molecule has 0 fully saturated rings. The van der Waals surface area contributed by atoms with Crippen LogP contribution >= 0.6 is 0 Å². The van der Waals surface area contributed by atoms with Gasteiger partial charge in [0.15, 0.2) is 0 Å². The molecule has 1 atom stereocenters. The number of alkyl halides is 6. The fraction of sp³-hybridized carbons (Fsp3) is 0.391. The first kappa shape index (κ1) is 27.8. The van der Waals surface area contributed by atoms with Crippen molar-refractivity contribution in [3.63, 3.8) is 0 Å². The number of benzene rings is 1. The maximum Gasteiger partial charge on any atom is 0.434 e. The largest absolute Gasteiger partial charge is 0.496 e. The monoisotopic (exact) mass is 561 g/mol. The van der Waals surface area contributed by atoms with Crippen LogP contribution in [-0.2, 0) is 24.2 Å². The lowest BCUT2D eigenvalue weighted by molar-refractivity contribution is -0.156. The number of methoxy groups -OCH3 is 1. The van der Waals surface area contributed by atoms with Crippen LogP contribution in [0.15, 0.2) is 27.4 Å². The molecule has 1 aliphatic rings. The second-order valence-corrected chi connectivity index (χ2v) is 9.17. The molecule has 16 heteroatoms. The first-order chi connectivity index (χ1) is 18.0. The predicted octanol–water partition coefficient (Wildman–Crippen LogP) is 3.09. The van der Waals surface area contributed by atoms with Crippen molar-refractivity contribution in [1.82, 2.24) is 20.1 Å². The zero-order valence-electron chi connectivity index (χ0n) is 20.3. The van der Waals surface area contributed by atoms with Crippen LogP contribution in [0.4, 0.5) is 26.3 Å². The van der Waals surface area contributed by atoms with Gasteiger partial charge in [0.2, 0.25) is 5.91 Å². The highest BCUT2D eigenvalue weighted by molar-refractivity contribution is 5.99. The molecule has 0 saturated heterocycles. The van der Waals surface area contributed by atoms with Gasteiger partial charge in [0.05, 0.1) is 31.2 Å². The van der Waals surface area contributed by atoms with Crippen molar-refractivity contribution < 1.29 is 45.1 Å². The Bertz CT molecular complexity index is 1500. The number of aryl methyl sites for hydroxylation is 1. The van der Waals surface area contributed by atoms with Crippen LogP contribution in [0.3, 0.4) is 0 Å². The lowest BCUT2D eigenvalue weighted by Gasteiger charge is -2.29. The van der Waals surface area contributed by atoms with Gasteiger partial charge in [-0.1, -0.05) is 0 Å². The first-order valence-corrected chi connectivity index (χ1v) is 11.3. The molecular weight excluding hydrogens is 540 g/mol. The molecule has 0 aliphatic carbocycles. The van der Waals surface area contributed by atoms with Crippen molar-refractivity contribution in [2.75, 3.05) is 7.11 Å². The van der Waals surface area contributed by atoms with Crippen LogP contribution < -0.4 is 21.5 Å². The summed E-state index contributed by atoms with van der Waals surface area (Å²) >= 11 is 0. The third-order valence-corrected chi connectivity index (χ3v) is 6.24. The number of primary amides is 1. The number of nitrogens with one attached hydrogen (secondary N) is 2. The molecule has 210 valence electrons. The van der Waals surface area contributed by atoms with Gasteiger partial charge in [-0.2, -0.15) is 26.3 Å². The molecular formula is C23H21F6N5O5. The Morgan fingerprint density at radius 3 is 2.38 bits per heavy atom. The van der Waals surface area contributed by atoms with E-state index in [2.05, 4.69) is 10.2 Å². The van der Waals surface area contributed by atoms with E-state index in [-0.39, 0.29) is 47.0 Å². The standard InChI is InChI=1S/C23H21F6N5O5/c1-21(19(30)36,9-23(27,28)29)31-17(35)14-5-11(8-22(24,25)26)16-12-7-13(18-32-33-20(37)39-18)15(38-2)6-10(12)3-4-34(14)16/h5-7H,3-4,8-9H2,1-2H3,(H2,30,36)(H,31,35)(H,33,37). The molecule has 3 heterocycles. The van der Waals surface area contributed by atoms with E-state index in [1.807, 2.05) is 5.32 Å².